The molecule has 2 fully saturated rings. The van der Waals surface area contributed by atoms with E-state index < -0.39 is 0 Å². The van der Waals surface area contributed by atoms with E-state index in [1.807, 2.05) is 11.8 Å². The molecule has 0 aliphatic carbocycles. The molecule has 6 heteroatoms. The molecule has 0 saturated carbocycles. The summed E-state index contributed by atoms with van der Waals surface area (Å²) >= 11 is 6.21. The zero-order valence-electron chi connectivity index (χ0n) is 13.5. The molecule has 0 N–H and O–H groups in total. The van der Waals surface area contributed by atoms with E-state index in [0.29, 0.717) is 61.8 Å². The smallest absolute Gasteiger partial charge is 0.255 e. The van der Waals surface area contributed by atoms with Crippen LogP contribution in [0.1, 0.15) is 17.3 Å². The van der Waals surface area contributed by atoms with Crippen LogP contribution in [0.3, 0.4) is 0 Å². The molecule has 1 amide bonds. The van der Waals surface area contributed by atoms with Crippen molar-refractivity contribution < 1.29 is 19.0 Å². The van der Waals surface area contributed by atoms with Crippen LogP contribution in [0.15, 0.2) is 18.2 Å². The van der Waals surface area contributed by atoms with Gasteiger partial charge in [0, 0.05) is 31.0 Å². The third-order valence-electron chi connectivity index (χ3n) is 4.81. The molecule has 0 bridgehead atoms. The van der Waals surface area contributed by atoms with E-state index in [0.717, 1.165) is 0 Å². The molecule has 2 aliphatic heterocycles. The second kappa shape index (κ2) is 6.67. The predicted octanol–water partition coefficient (Wildman–Crippen LogP) is 2.47. The van der Waals surface area contributed by atoms with Gasteiger partial charge in [0.1, 0.15) is 5.75 Å². The molecule has 2 saturated heterocycles. The topological polar surface area (TPSA) is 48.0 Å². The van der Waals surface area contributed by atoms with Crippen molar-refractivity contribution in [2.75, 3.05) is 46.6 Å². The maximum atomic E-state index is 12.9. The van der Waals surface area contributed by atoms with Crippen molar-refractivity contribution in [1.29, 1.82) is 0 Å². The standard InChI is InChI=1S/C17H22ClNO4/c1-3-22-10-17-9-19(7-12(17)8-23-11-17)16(20)14-6-13(21-2)4-5-15(14)18/h4-6,12H,3,7-11H2,1-2H3/t12-,17-/m1/s1. The third-order valence-corrected chi connectivity index (χ3v) is 5.14. The molecule has 1 aromatic rings. The van der Waals surface area contributed by atoms with Crippen LogP contribution < -0.4 is 4.74 Å². The summed E-state index contributed by atoms with van der Waals surface area (Å²) in [6.45, 7) is 5.93. The Hall–Kier alpha value is -1.30. The van der Waals surface area contributed by atoms with Crippen LogP contribution in [0, 0.1) is 11.3 Å². The molecule has 2 aliphatic rings. The number of ether oxygens (including phenoxy) is 3. The molecule has 0 aromatic heterocycles. The fourth-order valence-electron chi connectivity index (χ4n) is 3.46. The van der Waals surface area contributed by atoms with Crippen molar-refractivity contribution in [2.45, 2.75) is 6.92 Å². The predicted molar refractivity (Wildman–Crippen MR) is 87.1 cm³/mol. The highest BCUT2D eigenvalue weighted by Gasteiger charge is 2.52. The van der Waals surface area contributed by atoms with Crippen molar-refractivity contribution in [3.05, 3.63) is 28.8 Å². The maximum Gasteiger partial charge on any atom is 0.255 e. The number of hydrogen-bond acceptors (Lipinski definition) is 4. The van der Waals surface area contributed by atoms with Crippen LogP contribution in [0.2, 0.25) is 5.02 Å². The molecule has 0 spiro atoms. The quantitative estimate of drug-likeness (QED) is 0.827. The monoisotopic (exact) mass is 339 g/mol. The second-order valence-corrected chi connectivity index (χ2v) is 6.65. The summed E-state index contributed by atoms with van der Waals surface area (Å²) in [5.74, 6) is 0.895. The Kier molecular flexibility index (Phi) is 4.80. The van der Waals surface area contributed by atoms with Crippen molar-refractivity contribution in [3.8, 4) is 5.75 Å². The van der Waals surface area contributed by atoms with Gasteiger partial charge in [0.2, 0.25) is 0 Å². The Bertz CT molecular complexity index is 594. The number of fused-ring (bicyclic) bond motifs is 1. The molecule has 23 heavy (non-hydrogen) atoms. The minimum atomic E-state index is -0.0863. The van der Waals surface area contributed by atoms with Crippen molar-refractivity contribution in [1.82, 2.24) is 4.90 Å². The highest BCUT2D eigenvalue weighted by Crippen LogP contribution is 2.42. The number of hydrogen-bond donors (Lipinski definition) is 0. The van der Waals surface area contributed by atoms with Crippen LogP contribution in [-0.4, -0.2) is 57.4 Å². The summed E-state index contributed by atoms with van der Waals surface area (Å²) in [6.07, 6.45) is 0. The number of carbonyl (C=O) groups is 1. The van der Waals surface area contributed by atoms with E-state index in [1.54, 1.807) is 25.3 Å². The van der Waals surface area contributed by atoms with E-state index in [4.69, 9.17) is 25.8 Å². The lowest BCUT2D eigenvalue weighted by atomic mass is 9.82. The van der Waals surface area contributed by atoms with Crippen LogP contribution in [0.5, 0.6) is 5.75 Å². The van der Waals surface area contributed by atoms with E-state index in [1.165, 1.54) is 0 Å². The van der Waals surface area contributed by atoms with Gasteiger partial charge in [0.15, 0.2) is 0 Å². The molecule has 126 valence electrons. The second-order valence-electron chi connectivity index (χ2n) is 6.24. The van der Waals surface area contributed by atoms with Gasteiger partial charge in [-0.1, -0.05) is 11.6 Å². The molecule has 2 heterocycles. The summed E-state index contributed by atoms with van der Waals surface area (Å²) in [5, 5.41) is 0.447. The SMILES string of the molecule is CCOC[C@]12COC[C@H]1CN(C(=O)c1cc(OC)ccc1Cl)C2. The maximum absolute atomic E-state index is 12.9. The molecular formula is C17H22ClNO4. The zero-order chi connectivity index (χ0) is 16.4. The summed E-state index contributed by atoms with van der Waals surface area (Å²) in [6, 6.07) is 5.15. The number of nitrogens with zero attached hydrogens (tertiary/aromatic N) is 1. The number of carbonyl (C=O) groups excluding carboxylic acids is 1. The third kappa shape index (κ3) is 3.05. The molecule has 3 rings (SSSR count). The summed E-state index contributed by atoms with van der Waals surface area (Å²) in [4.78, 5) is 14.8. The molecular weight excluding hydrogens is 318 g/mol. The van der Waals surface area contributed by atoms with Crippen molar-refractivity contribution in [3.63, 3.8) is 0 Å². The van der Waals surface area contributed by atoms with Gasteiger partial charge in [0.05, 0.1) is 37.5 Å². The van der Waals surface area contributed by atoms with Crippen LogP contribution >= 0.6 is 11.6 Å². The molecule has 2 atom stereocenters. The fraction of sp³-hybridized carbons (Fsp3) is 0.588. The lowest BCUT2D eigenvalue weighted by molar-refractivity contribution is 0.0317. The first-order valence-corrected chi connectivity index (χ1v) is 8.26. The van der Waals surface area contributed by atoms with Gasteiger partial charge in [-0.25, -0.2) is 0 Å². The Morgan fingerprint density at radius 3 is 3.09 bits per heavy atom. The Labute approximate surface area is 141 Å². The van der Waals surface area contributed by atoms with E-state index >= 15 is 0 Å². The van der Waals surface area contributed by atoms with Gasteiger partial charge in [-0.3, -0.25) is 4.79 Å². The number of benzene rings is 1. The molecule has 1 aromatic carbocycles. The van der Waals surface area contributed by atoms with Crippen LogP contribution in [0.4, 0.5) is 0 Å². The number of methoxy groups -OCH3 is 1. The van der Waals surface area contributed by atoms with Crippen LogP contribution in [-0.2, 0) is 9.47 Å². The van der Waals surface area contributed by atoms with E-state index in [2.05, 4.69) is 0 Å². The van der Waals surface area contributed by atoms with Gasteiger partial charge in [-0.05, 0) is 25.1 Å². The number of rotatable bonds is 5. The first kappa shape index (κ1) is 16.6. The van der Waals surface area contributed by atoms with Gasteiger partial charge in [0.25, 0.3) is 5.91 Å². The molecule has 5 nitrogen and oxygen atoms in total. The first-order chi connectivity index (χ1) is 11.1. The fourth-order valence-corrected chi connectivity index (χ4v) is 3.66. The van der Waals surface area contributed by atoms with Gasteiger partial charge >= 0.3 is 0 Å². The average molecular weight is 340 g/mol. The minimum absolute atomic E-state index is 0.0563. The normalized spacial score (nSPS) is 26.4. The largest absolute Gasteiger partial charge is 0.497 e. The number of halogens is 1. The Morgan fingerprint density at radius 1 is 1.52 bits per heavy atom. The van der Waals surface area contributed by atoms with Gasteiger partial charge in [-0.2, -0.15) is 0 Å². The zero-order valence-corrected chi connectivity index (χ0v) is 14.3. The minimum Gasteiger partial charge on any atom is -0.497 e. The summed E-state index contributed by atoms with van der Waals surface area (Å²) in [5.41, 5.74) is 0.398. The van der Waals surface area contributed by atoms with Gasteiger partial charge in [-0.15, -0.1) is 0 Å². The molecule has 0 unspecified atom stereocenters. The lowest BCUT2D eigenvalue weighted by Crippen LogP contribution is -2.37. The van der Waals surface area contributed by atoms with Crippen molar-refractivity contribution >= 4 is 17.5 Å². The number of likely N-dealkylation sites (tertiary alicyclic amines) is 1. The highest BCUT2D eigenvalue weighted by atomic mass is 35.5. The van der Waals surface area contributed by atoms with Crippen LogP contribution in [0.25, 0.3) is 0 Å². The van der Waals surface area contributed by atoms with Crippen molar-refractivity contribution in [2.24, 2.45) is 11.3 Å². The molecule has 0 radical (unpaired) electrons. The summed E-state index contributed by atoms with van der Waals surface area (Å²) < 4.78 is 16.5. The Morgan fingerprint density at radius 2 is 2.35 bits per heavy atom. The Balaban J connectivity index is 1.79. The van der Waals surface area contributed by atoms with E-state index in [-0.39, 0.29) is 11.3 Å². The number of amides is 1. The first-order valence-electron chi connectivity index (χ1n) is 7.88. The average Bonchev–Trinajstić information content (AvgIpc) is 3.10. The highest BCUT2D eigenvalue weighted by molar-refractivity contribution is 6.33. The summed E-state index contributed by atoms with van der Waals surface area (Å²) in [7, 11) is 1.58. The lowest BCUT2D eigenvalue weighted by Gasteiger charge is -2.26. The van der Waals surface area contributed by atoms with Gasteiger partial charge < -0.3 is 19.1 Å². The van der Waals surface area contributed by atoms with E-state index in [9.17, 15) is 4.79 Å².